The Hall–Kier alpha value is -2.79. The second kappa shape index (κ2) is 7.62. The predicted molar refractivity (Wildman–Crippen MR) is 104 cm³/mol. The number of carbonyl (C=O) groups excluding carboxylic acids is 1. The number of aromatic amines is 1. The first kappa shape index (κ1) is 18.0. The summed E-state index contributed by atoms with van der Waals surface area (Å²) in [6, 6.07) is 12.7. The zero-order valence-electron chi connectivity index (χ0n) is 14.6. The molecule has 0 aliphatic rings. The fraction of sp³-hybridized carbons (Fsp3) is 0.200. The molecule has 134 valence electrons. The number of rotatable bonds is 5. The molecule has 3 aromatic rings. The number of fused-ring (bicyclic) bond motifs is 1. The molecule has 6 heteroatoms. The molecule has 0 spiro atoms. The molecule has 0 fully saturated rings. The SMILES string of the molecule is COc1ccc(NC(=O)CCc2cc3cc(C)ccc3[nH]c2=O)cc1Cl. The van der Waals surface area contributed by atoms with Gasteiger partial charge in [0, 0.05) is 23.2 Å². The number of anilines is 1. The average Bonchev–Trinajstić information content (AvgIpc) is 2.60. The van der Waals surface area contributed by atoms with Crippen LogP contribution in [0.3, 0.4) is 0 Å². The standard InChI is InChI=1S/C20H19ClN2O3/c1-12-3-6-17-14(9-12)10-13(20(25)23-17)4-8-19(24)22-15-5-7-18(26-2)16(21)11-15/h3,5-7,9-11H,4,8H2,1-2H3,(H,22,24)(H,23,25). The number of amides is 1. The fourth-order valence-corrected chi connectivity index (χ4v) is 3.03. The Balaban J connectivity index is 1.69. The summed E-state index contributed by atoms with van der Waals surface area (Å²) in [5, 5.41) is 4.16. The van der Waals surface area contributed by atoms with E-state index in [9.17, 15) is 9.59 Å². The molecule has 0 aliphatic carbocycles. The summed E-state index contributed by atoms with van der Waals surface area (Å²) in [4.78, 5) is 27.2. The summed E-state index contributed by atoms with van der Waals surface area (Å²) in [7, 11) is 1.53. The van der Waals surface area contributed by atoms with Crippen LogP contribution in [-0.2, 0) is 11.2 Å². The Morgan fingerprint density at radius 2 is 2.00 bits per heavy atom. The molecule has 0 bridgehead atoms. The highest BCUT2D eigenvalue weighted by Gasteiger charge is 2.09. The van der Waals surface area contributed by atoms with E-state index in [1.54, 1.807) is 18.2 Å². The first-order valence-electron chi connectivity index (χ1n) is 8.22. The summed E-state index contributed by atoms with van der Waals surface area (Å²) in [5.41, 5.74) is 2.92. The third-order valence-electron chi connectivity index (χ3n) is 4.13. The molecule has 0 saturated heterocycles. The van der Waals surface area contributed by atoms with Crippen molar-refractivity contribution in [2.75, 3.05) is 12.4 Å². The molecule has 0 atom stereocenters. The lowest BCUT2D eigenvalue weighted by Gasteiger charge is -2.08. The van der Waals surface area contributed by atoms with Gasteiger partial charge in [-0.1, -0.05) is 23.2 Å². The van der Waals surface area contributed by atoms with Gasteiger partial charge in [0.15, 0.2) is 0 Å². The number of H-pyrrole nitrogens is 1. The normalized spacial score (nSPS) is 10.7. The maximum Gasteiger partial charge on any atom is 0.251 e. The molecule has 2 aromatic carbocycles. The van der Waals surface area contributed by atoms with Crippen LogP contribution >= 0.6 is 11.6 Å². The number of aryl methyl sites for hydroxylation is 2. The molecule has 0 saturated carbocycles. The average molecular weight is 371 g/mol. The zero-order valence-corrected chi connectivity index (χ0v) is 15.3. The van der Waals surface area contributed by atoms with Crippen molar-refractivity contribution in [1.29, 1.82) is 0 Å². The number of hydrogen-bond acceptors (Lipinski definition) is 3. The molecule has 1 amide bonds. The highest BCUT2D eigenvalue weighted by atomic mass is 35.5. The van der Waals surface area contributed by atoms with Gasteiger partial charge < -0.3 is 15.0 Å². The van der Waals surface area contributed by atoms with Gasteiger partial charge in [-0.25, -0.2) is 0 Å². The Morgan fingerprint density at radius 3 is 2.73 bits per heavy atom. The number of benzene rings is 2. The van der Waals surface area contributed by atoms with Crippen molar-refractivity contribution in [2.24, 2.45) is 0 Å². The number of halogens is 1. The van der Waals surface area contributed by atoms with E-state index < -0.39 is 0 Å². The van der Waals surface area contributed by atoms with Crippen molar-refractivity contribution in [3.63, 3.8) is 0 Å². The Kier molecular flexibility index (Phi) is 5.28. The van der Waals surface area contributed by atoms with Crippen LogP contribution in [0, 0.1) is 6.92 Å². The molecular formula is C20H19ClN2O3. The molecule has 26 heavy (non-hydrogen) atoms. The fourth-order valence-electron chi connectivity index (χ4n) is 2.77. The van der Waals surface area contributed by atoms with E-state index in [1.165, 1.54) is 7.11 Å². The molecular weight excluding hydrogens is 352 g/mol. The summed E-state index contributed by atoms with van der Waals surface area (Å²) in [6.45, 7) is 2.00. The van der Waals surface area contributed by atoms with Crippen molar-refractivity contribution in [3.05, 3.63) is 69.0 Å². The highest BCUT2D eigenvalue weighted by molar-refractivity contribution is 6.32. The number of methoxy groups -OCH3 is 1. The van der Waals surface area contributed by atoms with Gasteiger partial charge in [-0.3, -0.25) is 9.59 Å². The number of pyridine rings is 1. The van der Waals surface area contributed by atoms with Crippen LogP contribution in [0.4, 0.5) is 5.69 Å². The molecule has 1 heterocycles. The highest BCUT2D eigenvalue weighted by Crippen LogP contribution is 2.27. The van der Waals surface area contributed by atoms with Gasteiger partial charge in [-0.15, -0.1) is 0 Å². The maximum absolute atomic E-state index is 12.2. The van der Waals surface area contributed by atoms with Gasteiger partial charge >= 0.3 is 0 Å². The van der Waals surface area contributed by atoms with Crippen molar-refractivity contribution >= 4 is 34.1 Å². The van der Waals surface area contributed by atoms with E-state index in [4.69, 9.17) is 16.3 Å². The van der Waals surface area contributed by atoms with Gasteiger partial charge in [0.05, 0.1) is 12.1 Å². The number of carbonyl (C=O) groups is 1. The maximum atomic E-state index is 12.2. The first-order chi connectivity index (χ1) is 12.5. The number of hydrogen-bond donors (Lipinski definition) is 2. The van der Waals surface area contributed by atoms with Crippen LogP contribution in [0.1, 0.15) is 17.5 Å². The smallest absolute Gasteiger partial charge is 0.251 e. The summed E-state index contributed by atoms with van der Waals surface area (Å²) in [6.07, 6.45) is 0.555. The minimum absolute atomic E-state index is 0.165. The monoisotopic (exact) mass is 370 g/mol. The lowest BCUT2D eigenvalue weighted by Crippen LogP contribution is -2.17. The van der Waals surface area contributed by atoms with Crippen LogP contribution in [0.5, 0.6) is 5.75 Å². The Bertz CT molecular complexity index is 1030. The van der Waals surface area contributed by atoms with Gasteiger partial charge in [-0.2, -0.15) is 0 Å². The van der Waals surface area contributed by atoms with Crippen molar-refractivity contribution in [3.8, 4) is 5.75 Å². The summed E-state index contributed by atoms with van der Waals surface area (Å²) < 4.78 is 5.08. The summed E-state index contributed by atoms with van der Waals surface area (Å²) in [5.74, 6) is 0.359. The van der Waals surface area contributed by atoms with Crippen LogP contribution in [-0.4, -0.2) is 18.0 Å². The zero-order chi connectivity index (χ0) is 18.7. The Morgan fingerprint density at radius 1 is 1.19 bits per heavy atom. The topological polar surface area (TPSA) is 71.2 Å². The van der Waals surface area contributed by atoms with E-state index in [1.807, 2.05) is 31.2 Å². The molecule has 3 rings (SSSR count). The van der Waals surface area contributed by atoms with Crippen LogP contribution in [0.2, 0.25) is 5.02 Å². The number of aromatic nitrogens is 1. The van der Waals surface area contributed by atoms with E-state index >= 15 is 0 Å². The molecule has 0 radical (unpaired) electrons. The Labute approximate surface area is 156 Å². The third kappa shape index (κ3) is 4.06. The molecule has 5 nitrogen and oxygen atoms in total. The number of ether oxygens (including phenoxy) is 1. The lowest BCUT2D eigenvalue weighted by molar-refractivity contribution is -0.116. The van der Waals surface area contributed by atoms with Crippen molar-refractivity contribution in [2.45, 2.75) is 19.8 Å². The van der Waals surface area contributed by atoms with Crippen molar-refractivity contribution in [1.82, 2.24) is 4.98 Å². The predicted octanol–water partition coefficient (Wildman–Crippen LogP) is 4.07. The molecule has 0 aliphatic heterocycles. The van der Waals surface area contributed by atoms with E-state index in [-0.39, 0.29) is 17.9 Å². The van der Waals surface area contributed by atoms with E-state index in [2.05, 4.69) is 10.3 Å². The van der Waals surface area contributed by atoms with E-state index in [0.29, 0.717) is 28.4 Å². The minimum Gasteiger partial charge on any atom is -0.495 e. The first-order valence-corrected chi connectivity index (χ1v) is 8.60. The summed E-state index contributed by atoms with van der Waals surface area (Å²) >= 11 is 6.05. The van der Waals surface area contributed by atoms with E-state index in [0.717, 1.165) is 16.5 Å². The minimum atomic E-state index is -0.185. The molecule has 0 unspecified atom stereocenters. The van der Waals surface area contributed by atoms with Gasteiger partial charge in [0.1, 0.15) is 5.75 Å². The van der Waals surface area contributed by atoms with Crippen molar-refractivity contribution < 1.29 is 9.53 Å². The van der Waals surface area contributed by atoms with Crippen LogP contribution in [0.25, 0.3) is 10.9 Å². The lowest BCUT2D eigenvalue weighted by atomic mass is 10.1. The van der Waals surface area contributed by atoms with Gasteiger partial charge in [0.2, 0.25) is 5.91 Å². The third-order valence-corrected chi connectivity index (χ3v) is 4.43. The molecule has 1 aromatic heterocycles. The largest absolute Gasteiger partial charge is 0.495 e. The van der Waals surface area contributed by atoms with Crippen LogP contribution < -0.4 is 15.6 Å². The number of nitrogens with one attached hydrogen (secondary N) is 2. The molecule has 2 N–H and O–H groups in total. The second-order valence-electron chi connectivity index (χ2n) is 6.11. The van der Waals surface area contributed by atoms with Crippen LogP contribution in [0.15, 0.2) is 47.3 Å². The van der Waals surface area contributed by atoms with Gasteiger partial charge in [0.25, 0.3) is 5.56 Å². The second-order valence-corrected chi connectivity index (χ2v) is 6.52. The van der Waals surface area contributed by atoms with Gasteiger partial charge in [-0.05, 0) is 55.1 Å². The quantitative estimate of drug-likeness (QED) is 0.711.